The number of nitrogens with zero attached hydrogens (tertiary/aromatic N) is 2. The zero-order valence-electron chi connectivity index (χ0n) is 11.9. The van der Waals surface area contributed by atoms with Crippen molar-refractivity contribution < 1.29 is 0 Å². The van der Waals surface area contributed by atoms with Crippen molar-refractivity contribution in [3.63, 3.8) is 0 Å². The Kier molecular flexibility index (Phi) is 5.53. The fourth-order valence-electron chi connectivity index (χ4n) is 2.34. The third-order valence-corrected chi connectivity index (χ3v) is 4.08. The zero-order valence-corrected chi connectivity index (χ0v) is 12.7. The van der Waals surface area contributed by atoms with Crippen LogP contribution in [0.25, 0.3) is 0 Å². The number of rotatable bonds is 6. The largest absolute Gasteiger partial charge is 0.306 e. The highest BCUT2D eigenvalue weighted by Crippen LogP contribution is 2.21. The van der Waals surface area contributed by atoms with Crippen LogP contribution in [0, 0.1) is 13.8 Å². The van der Waals surface area contributed by atoms with Gasteiger partial charge < -0.3 is 5.32 Å². The van der Waals surface area contributed by atoms with Crippen LogP contribution in [0.15, 0.2) is 0 Å². The van der Waals surface area contributed by atoms with E-state index in [9.17, 15) is 0 Å². The van der Waals surface area contributed by atoms with E-state index in [0.717, 1.165) is 5.69 Å². The summed E-state index contributed by atoms with van der Waals surface area (Å²) in [6, 6.07) is 0.958. The van der Waals surface area contributed by atoms with Crippen LogP contribution < -0.4 is 5.32 Å². The lowest BCUT2D eigenvalue weighted by Crippen LogP contribution is -2.33. The molecule has 1 heterocycles. The van der Waals surface area contributed by atoms with Gasteiger partial charge in [-0.1, -0.05) is 6.92 Å². The van der Waals surface area contributed by atoms with Gasteiger partial charge in [-0.05, 0) is 33.4 Å². The quantitative estimate of drug-likeness (QED) is 0.847. The molecule has 2 atom stereocenters. The second-order valence-corrected chi connectivity index (χ2v) is 5.57. The van der Waals surface area contributed by atoms with E-state index in [4.69, 9.17) is 0 Å². The zero-order chi connectivity index (χ0) is 13.0. The highest BCUT2D eigenvalue weighted by atomic mass is 32.2. The van der Waals surface area contributed by atoms with E-state index in [0.29, 0.717) is 12.1 Å². The first kappa shape index (κ1) is 14.6. The van der Waals surface area contributed by atoms with Crippen molar-refractivity contribution in [2.75, 3.05) is 12.0 Å². The van der Waals surface area contributed by atoms with Crippen LogP contribution in [0.5, 0.6) is 0 Å². The molecule has 17 heavy (non-hydrogen) atoms. The Balaban J connectivity index is 2.78. The van der Waals surface area contributed by atoms with Crippen molar-refractivity contribution in [2.45, 2.75) is 46.2 Å². The van der Waals surface area contributed by atoms with Gasteiger partial charge in [-0.25, -0.2) is 0 Å². The second-order valence-electron chi connectivity index (χ2n) is 4.66. The lowest BCUT2D eigenvalue weighted by atomic mass is 10.1. The van der Waals surface area contributed by atoms with Crippen molar-refractivity contribution in [2.24, 2.45) is 7.05 Å². The smallest absolute Gasteiger partial charge is 0.0644 e. The van der Waals surface area contributed by atoms with E-state index in [1.54, 1.807) is 0 Å². The average molecular weight is 255 g/mol. The van der Waals surface area contributed by atoms with Crippen LogP contribution in [0.1, 0.15) is 43.3 Å². The van der Waals surface area contributed by atoms with E-state index >= 15 is 0 Å². The molecule has 0 spiro atoms. The maximum Gasteiger partial charge on any atom is 0.0644 e. The van der Waals surface area contributed by atoms with Crippen molar-refractivity contribution >= 4 is 11.8 Å². The summed E-state index contributed by atoms with van der Waals surface area (Å²) in [4.78, 5) is 0. The highest BCUT2D eigenvalue weighted by molar-refractivity contribution is 7.98. The molecule has 98 valence electrons. The molecule has 0 aliphatic heterocycles. The van der Waals surface area contributed by atoms with E-state index in [2.05, 4.69) is 44.4 Å². The third kappa shape index (κ3) is 3.49. The molecule has 0 aliphatic rings. The van der Waals surface area contributed by atoms with Crippen LogP contribution in [-0.4, -0.2) is 27.8 Å². The monoisotopic (exact) mass is 255 g/mol. The molecule has 0 aliphatic carbocycles. The second kappa shape index (κ2) is 6.45. The Labute approximate surface area is 109 Å². The Morgan fingerprint density at radius 3 is 2.47 bits per heavy atom. The molecular formula is C13H25N3S. The van der Waals surface area contributed by atoms with Gasteiger partial charge in [0, 0.05) is 36.1 Å². The number of aromatic nitrogens is 2. The average Bonchev–Trinajstić information content (AvgIpc) is 2.52. The van der Waals surface area contributed by atoms with E-state index in [1.807, 2.05) is 23.5 Å². The van der Waals surface area contributed by atoms with E-state index in [1.165, 1.54) is 23.4 Å². The topological polar surface area (TPSA) is 29.9 Å². The van der Waals surface area contributed by atoms with Gasteiger partial charge >= 0.3 is 0 Å². The van der Waals surface area contributed by atoms with Gasteiger partial charge in [0.2, 0.25) is 0 Å². The Morgan fingerprint density at radius 2 is 2.06 bits per heavy atom. The van der Waals surface area contributed by atoms with Crippen LogP contribution in [-0.2, 0) is 7.05 Å². The van der Waals surface area contributed by atoms with E-state index in [-0.39, 0.29) is 0 Å². The van der Waals surface area contributed by atoms with Crippen LogP contribution >= 0.6 is 11.8 Å². The molecule has 0 aromatic carbocycles. The summed E-state index contributed by atoms with van der Waals surface area (Å²) in [6.07, 6.45) is 3.33. The Bertz CT molecular complexity index is 360. The molecule has 1 N–H and O–H groups in total. The van der Waals surface area contributed by atoms with Gasteiger partial charge in [-0.15, -0.1) is 0 Å². The normalized spacial score (nSPS) is 14.9. The minimum Gasteiger partial charge on any atom is -0.306 e. The SMILES string of the molecule is CCC(CSC)NC(C)c1c(C)nn(C)c1C. The molecule has 0 saturated heterocycles. The van der Waals surface area contributed by atoms with Gasteiger partial charge in [0.25, 0.3) is 0 Å². The molecule has 1 rings (SSSR count). The van der Waals surface area contributed by atoms with Crippen molar-refractivity contribution in [3.05, 3.63) is 17.0 Å². The first-order valence-corrected chi connectivity index (χ1v) is 7.65. The molecule has 2 unspecified atom stereocenters. The lowest BCUT2D eigenvalue weighted by molar-refractivity contribution is 0.472. The third-order valence-electron chi connectivity index (χ3n) is 3.34. The highest BCUT2D eigenvalue weighted by Gasteiger charge is 2.18. The summed E-state index contributed by atoms with van der Waals surface area (Å²) in [6.45, 7) is 8.71. The molecule has 4 heteroatoms. The fraction of sp³-hybridized carbons (Fsp3) is 0.769. The van der Waals surface area contributed by atoms with E-state index < -0.39 is 0 Å². The molecule has 1 aromatic heterocycles. The predicted octanol–water partition coefficient (Wildman–Crippen LogP) is 2.83. The maximum absolute atomic E-state index is 4.48. The number of thioether (sulfide) groups is 1. The summed E-state index contributed by atoms with van der Waals surface area (Å²) >= 11 is 1.90. The molecule has 0 bridgehead atoms. The van der Waals surface area contributed by atoms with Crippen molar-refractivity contribution in [1.29, 1.82) is 0 Å². The first-order valence-electron chi connectivity index (χ1n) is 6.26. The number of aryl methyl sites for hydroxylation is 2. The minimum atomic E-state index is 0.376. The van der Waals surface area contributed by atoms with Gasteiger partial charge in [-0.2, -0.15) is 16.9 Å². The Hall–Kier alpha value is -0.480. The van der Waals surface area contributed by atoms with Gasteiger partial charge in [0.1, 0.15) is 0 Å². The van der Waals surface area contributed by atoms with Gasteiger partial charge in [0.15, 0.2) is 0 Å². The number of nitrogens with one attached hydrogen (secondary N) is 1. The first-order chi connectivity index (χ1) is 8.01. The van der Waals surface area contributed by atoms with Crippen LogP contribution in [0.2, 0.25) is 0 Å². The van der Waals surface area contributed by atoms with Gasteiger partial charge in [0.05, 0.1) is 5.69 Å². The van der Waals surface area contributed by atoms with Gasteiger partial charge in [-0.3, -0.25) is 4.68 Å². The van der Waals surface area contributed by atoms with Crippen molar-refractivity contribution in [3.8, 4) is 0 Å². The van der Waals surface area contributed by atoms with Crippen LogP contribution in [0.3, 0.4) is 0 Å². The molecule has 0 radical (unpaired) electrons. The Morgan fingerprint density at radius 1 is 1.41 bits per heavy atom. The fourth-order valence-corrected chi connectivity index (χ4v) is 3.07. The molecule has 1 aromatic rings. The summed E-state index contributed by atoms with van der Waals surface area (Å²) < 4.78 is 1.97. The molecular weight excluding hydrogens is 230 g/mol. The van der Waals surface area contributed by atoms with Crippen LogP contribution in [0.4, 0.5) is 0 Å². The number of hydrogen-bond donors (Lipinski definition) is 1. The summed E-state index contributed by atoms with van der Waals surface area (Å²) in [5, 5.41) is 8.19. The minimum absolute atomic E-state index is 0.376. The molecule has 0 amide bonds. The predicted molar refractivity (Wildman–Crippen MR) is 76.7 cm³/mol. The standard InChI is InChI=1S/C13H25N3S/c1-7-12(8-17-6)14-9(2)13-10(3)15-16(5)11(13)4/h9,12,14H,7-8H2,1-6H3. The number of hydrogen-bond acceptors (Lipinski definition) is 3. The molecule has 3 nitrogen and oxygen atoms in total. The summed E-state index contributed by atoms with van der Waals surface area (Å²) in [7, 11) is 2.01. The maximum atomic E-state index is 4.48. The summed E-state index contributed by atoms with van der Waals surface area (Å²) in [5.41, 5.74) is 3.76. The lowest BCUT2D eigenvalue weighted by Gasteiger charge is -2.22. The molecule has 0 fully saturated rings. The van der Waals surface area contributed by atoms with Crippen molar-refractivity contribution in [1.82, 2.24) is 15.1 Å². The molecule has 0 saturated carbocycles. The summed E-state index contributed by atoms with van der Waals surface area (Å²) in [5.74, 6) is 1.17.